The summed E-state index contributed by atoms with van der Waals surface area (Å²) in [5.74, 6) is 0. The lowest BCUT2D eigenvalue weighted by Crippen LogP contribution is -2.27. The highest BCUT2D eigenvalue weighted by Gasteiger charge is 2.29. The molecule has 0 N–H and O–H groups in total. The van der Waals surface area contributed by atoms with Crippen molar-refractivity contribution in [1.29, 1.82) is 0 Å². The summed E-state index contributed by atoms with van der Waals surface area (Å²) < 4.78 is 0. The van der Waals surface area contributed by atoms with Crippen LogP contribution in [0.4, 0.5) is 0 Å². The van der Waals surface area contributed by atoms with E-state index in [-0.39, 0.29) is 10.8 Å². The standard InChI is InChI=1S/C56H56P2/c1-37-31-38(2)34-47(33-37)58(48-35-39(3)32-40(4)36-48)52-30-20-42-16-12-14-18-50(42)54(52)53-49-17-13-11-15-41(49)19-29-51(53)57(45-25-21-43(22-26-45)55(5,6)7)46-27-23-44(24-28-46)56(8,9)10/h11-36H,1-10H3. The van der Waals surface area contributed by atoms with Gasteiger partial charge in [-0.25, -0.2) is 0 Å². The Hall–Kier alpha value is -4.86. The first-order chi connectivity index (χ1) is 27.7. The number of aryl methyl sites for hydroxylation is 4. The van der Waals surface area contributed by atoms with Crippen molar-refractivity contribution < 1.29 is 0 Å². The van der Waals surface area contributed by atoms with Crippen LogP contribution in [-0.2, 0) is 10.8 Å². The molecule has 8 aromatic rings. The van der Waals surface area contributed by atoms with Crippen LogP contribution >= 0.6 is 15.8 Å². The zero-order chi connectivity index (χ0) is 40.9. The number of hydrogen-bond acceptors (Lipinski definition) is 0. The summed E-state index contributed by atoms with van der Waals surface area (Å²) in [6.07, 6.45) is 0. The molecule has 0 aliphatic carbocycles. The summed E-state index contributed by atoms with van der Waals surface area (Å²) in [5, 5.41) is 13.5. The van der Waals surface area contributed by atoms with Crippen LogP contribution in [0.1, 0.15) is 74.9 Å². The molecule has 0 radical (unpaired) electrons. The highest BCUT2D eigenvalue weighted by molar-refractivity contribution is 7.80. The lowest BCUT2D eigenvalue weighted by atomic mass is 9.87. The van der Waals surface area contributed by atoms with E-state index in [1.54, 1.807) is 0 Å². The Morgan fingerprint density at radius 1 is 0.328 bits per heavy atom. The largest absolute Gasteiger partial charge is 0.0616 e. The molecule has 0 saturated heterocycles. The molecule has 2 heteroatoms. The van der Waals surface area contributed by atoms with Crippen LogP contribution in [0.15, 0.2) is 158 Å². The lowest BCUT2D eigenvalue weighted by Gasteiger charge is -2.29. The topological polar surface area (TPSA) is 0 Å². The van der Waals surface area contributed by atoms with Gasteiger partial charge < -0.3 is 0 Å². The van der Waals surface area contributed by atoms with Gasteiger partial charge in [-0.1, -0.05) is 222 Å². The van der Waals surface area contributed by atoms with Crippen molar-refractivity contribution in [3.05, 3.63) is 191 Å². The van der Waals surface area contributed by atoms with Gasteiger partial charge in [-0.2, -0.15) is 0 Å². The van der Waals surface area contributed by atoms with E-state index in [4.69, 9.17) is 0 Å². The Labute approximate surface area is 349 Å². The van der Waals surface area contributed by atoms with E-state index in [0.29, 0.717) is 0 Å². The molecule has 0 atom stereocenters. The zero-order valence-corrected chi connectivity index (χ0v) is 37.7. The minimum atomic E-state index is -0.969. The van der Waals surface area contributed by atoms with Gasteiger partial charge in [0.15, 0.2) is 0 Å². The van der Waals surface area contributed by atoms with Crippen molar-refractivity contribution in [2.24, 2.45) is 0 Å². The summed E-state index contributed by atoms with van der Waals surface area (Å²) in [4.78, 5) is 0. The molecule has 8 rings (SSSR count). The van der Waals surface area contributed by atoms with E-state index in [0.717, 1.165) is 0 Å². The molecule has 0 fully saturated rings. The third-order valence-corrected chi connectivity index (χ3v) is 16.3. The van der Waals surface area contributed by atoms with Crippen molar-refractivity contribution in [2.75, 3.05) is 0 Å². The fraction of sp³-hybridized carbons (Fsp3) is 0.214. The Morgan fingerprint density at radius 2 is 0.655 bits per heavy atom. The highest BCUT2D eigenvalue weighted by atomic mass is 31.1. The van der Waals surface area contributed by atoms with Crippen molar-refractivity contribution in [3.63, 3.8) is 0 Å². The normalized spacial score (nSPS) is 12.3. The van der Waals surface area contributed by atoms with Gasteiger partial charge in [0.25, 0.3) is 0 Å². The van der Waals surface area contributed by atoms with Crippen LogP contribution in [0, 0.1) is 27.7 Å². The van der Waals surface area contributed by atoms with Gasteiger partial charge in [0.05, 0.1) is 0 Å². The smallest absolute Gasteiger partial charge is 0.000884 e. The van der Waals surface area contributed by atoms with Gasteiger partial charge >= 0.3 is 0 Å². The average Bonchev–Trinajstić information content (AvgIpc) is 3.17. The molecule has 0 aliphatic heterocycles. The number of rotatable bonds is 7. The first-order valence-corrected chi connectivity index (χ1v) is 23.4. The molecule has 0 aliphatic rings. The molecular weight excluding hydrogens is 735 g/mol. The van der Waals surface area contributed by atoms with Crippen LogP contribution < -0.4 is 31.8 Å². The molecule has 290 valence electrons. The number of hydrogen-bond donors (Lipinski definition) is 0. The fourth-order valence-electron chi connectivity index (χ4n) is 8.65. The van der Waals surface area contributed by atoms with Gasteiger partial charge in [0, 0.05) is 0 Å². The van der Waals surface area contributed by atoms with Crippen LogP contribution in [0.3, 0.4) is 0 Å². The molecule has 58 heavy (non-hydrogen) atoms. The summed E-state index contributed by atoms with van der Waals surface area (Å²) in [5.41, 5.74) is 10.8. The summed E-state index contributed by atoms with van der Waals surface area (Å²) in [6.45, 7) is 22.8. The molecule has 0 unspecified atom stereocenters. The van der Waals surface area contributed by atoms with E-state index in [9.17, 15) is 0 Å². The molecule has 8 aromatic carbocycles. The Balaban J connectivity index is 1.51. The molecule has 0 amide bonds. The van der Waals surface area contributed by atoms with Crippen LogP contribution in [0.25, 0.3) is 32.7 Å². The predicted molar refractivity (Wildman–Crippen MR) is 261 cm³/mol. The second kappa shape index (κ2) is 15.7. The second-order valence-corrected chi connectivity index (χ2v) is 22.7. The third-order valence-electron chi connectivity index (χ3n) is 11.5. The molecule has 0 heterocycles. The first-order valence-electron chi connectivity index (χ1n) is 20.7. The minimum Gasteiger partial charge on any atom is -0.0616 e. The van der Waals surface area contributed by atoms with Crippen LogP contribution in [0.2, 0.25) is 0 Å². The molecular formula is C56H56P2. The first kappa shape index (κ1) is 39.9. The fourth-order valence-corrected chi connectivity index (χ4v) is 13.9. The monoisotopic (exact) mass is 790 g/mol. The molecule has 0 aromatic heterocycles. The minimum absolute atomic E-state index is 0.0705. The number of fused-ring (bicyclic) bond motifs is 2. The van der Waals surface area contributed by atoms with Gasteiger partial charge in [-0.05, 0) is 130 Å². The Kier molecular flexibility index (Phi) is 10.8. The molecule has 0 saturated carbocycles. The van der Waals surface area contributed by atoms with Crippen LogP contribution in [0.5, 0.6) is 0 Å². The van der Waals surface area contributed by atoms with E-state index < -0.39 is 15.8 Å². The average molecular weight is 791 g/mol. The lowest BCUT2D eigenvalue weighted by molar-refractivity contribution is 0.590. The van der Waals surface area contributed by atoms with Gasteiger partial charge in [-0.15, -0.1) is 0 Å². The van der Waals surface area contributed by atoms with E-state index in [2.05, 4.69) is 227 Å². The maximum Gasteiger partial charge on any atom is -0.000884 e. The number of benzene rings is 8. The SMILES string of the molecule is Cc1cc(C)cc(P(c2cc(C)cc(C)c2)c2ccc3ccccc3c2-c2c(P(c3ccc(C(C)(C)C)cc3)c3ccc(C(C)(C)C)cc3)ccc3ccccc23)c1. The van der Waals surface area contributed by atoms with Crippen LogP contribution in [-0.4, -0.2) is 0 Å². The summed E-state index contributed by atoms with van der Waals surface area (Å²) in [6, 6.07) is 61.4. The Bertz CT molecular complexity index is 2630. The summed E-state index contributed by atoms with van der Waals surface area (Å²) >= 11 is 0. The molecule has 0 spiro atoms. The van der Waals surface area contributed by atoms with Crippen molar-refractivity contribution >= 4 is 69.2 Å². The van der Waals surface area contributed by atoms with Crippen molar-refractivity contribution in [2.45, 2.75) is 80.1 Å². The maximum absolute atomic E-state index is 2.47. The Morgan fingerprint density at radius 3 is 1.00 bits per heavy atom. The molecule has 0 nitrogen and oxygen atoms in total. The van der Waals surface area contributed by atoms with Crippen molar-refractivity contribution in [3.8, 4) is 11.1 Å². The molecule has 0 bridgehead atoms. The van der Waals surface area contributed by atoms with Gasteiger partial charge in [0.1, 0.15) is 0 Å². The van der Waals surface area contributed by atoms with E-state index >= 15 is 0 Å². The van der Waals surface area contributed by atoms with E-state index in [1.165, 1.54) is 97.9 Å². The van der Waals surface area contributed by atoms with Crippen molar-refractivity contribution in [1.82, 2.24) is 0 Å². The van der Waals surface area contributed by atoms with E-state index in [1.807, 2.05) is 0 Å². The third kappa shape index (κ3) is 7.95. The highest BCUT2D eigenvalue weighted by Crippen LogP contribution is 2.46. The second-order valence-electron chi connectivity index (χ2n) is 18.3. The van der Waals surface area contributed by atoms with Gasteiger partial charge in [0.2, 0.25) is 0 Å². The zero-order valence-electron chi connectivity index (χ0n) is 35.9. The summed E-state index contributed by atoms with van der Waals surface area (Å²) in [7, 11) is -1.92. The predicted octanol–water partition coefficient (Wildman–Crippen LogP) is 13.0. The van der Waals surface area contributed by atoms with Gasteiger partial charge in [-0.3, -0.25) is 0 Å². The maximum atomic E-state index is 2.47. The quantitative estimate of drug-likeness (QED) is 0.141.